The van der Waals surface area contributed by atoms with Crippen molar-refractivity contribution in [3.8, 4) is 11.5 Å². The Balaban J connectivity index is 2.67. The van der Waals surface area contributed by atoms with Crippen LogP contribution >= 0.6 is 0 Å². The molecule has 0 aliphatic carbocycles. The number of hydrazine groups is 1. The van der Waals surface area contributed by atoms with Crippen molar-refractivity contribution in [1.82, 2.24) is 10.9 Å². The standard InChI is InChI=1S/C10H13F2N3O4/c11-5-1-4(7(12)9(18)8(5)17)2-14-15-10(19)6(13)3-16/h1,6,14,16-18H,2-3,13H2,(H,15,19). The predicted molar refractivity (Wildman–Crippen MR) is 59.7 cm³/mol. The van der Waals surface area contributed by atoms with Crippen molar-refractivity contribution in [2.24, 2.45) is 5.73 Å². The third-order valence-electron chi connectivity index (χ3n) is 2.27. The van der Waals surface area contributed by atoms with Gasteiger partial charge in [0.25, 0.3) is 5.91 Å². The van der Waals surface area contributed by atoms with Crippen LogP contribution in [0.25, 0.3) is 0 Å². The molecule has 0 bridgehead atoms. The highest BCUT2D eigenvalue weighted by molar-refractivity contribution is 5.81. The Kier molecular flexibility index (Phi) is 4.98. The number of carbonyl (C=O) groups excluding carboxylic acids is 1. The summed E-state index contributed by atoms with van der Waals surface area (Å²) in [7, 11) is 0. The first-order chi connectivity index (χ1) is 8.88. The zero-order chi connectivity index (χ0) is 14.6. The van der Waals surface area contributed by atoms with E-state index >= 15 is 0 Å². The van der Waals surface area contributed by atoms with Crippen LogP contribution < -0.4 is 16.6 Å². The monoisotopic (exact) mass is 277 g/mol. The quantitative estimate of drug-likeness (QED) is 0.297. The minimum atomic E-state index is -1.22. The lowest BCUT2D eigenvalue weighted by atomic mass is 10.2. The van der Waals surface area contributed by atoms with Gasteiger partial charge in [0.2, 0.25) is 0 Å². The van der Waals surface area contributed by atoms with Crippen LogP contribution in [0.1, 0.15) is 5.56 Å². The number of benzene rings is 1. The molecular weight excluding hydrogens is 264 g/mol. The van der Waals surface area contributed by atoms with E-state index < -0.39 is 41.7 Å². The third-order valence-corrected chi connectivity index (χ3v) is 2.27. The molecule has 1 amide bonds. The molecule has 7 N–H and O–H groups in total. The van der Waals surface area contributed by atoms with Gasteiger partial charge < -0.3 is 21.1 Å². The Bertz CT molecular complexity index is 484. The SMILES string of the molecule is NC(CO)C(=O)NNCc1cc(F)c(O)c(O)c1F. The lowest BCUT2D eigenvalue weighted by Gasteiger charge is -2.12. The maximum atomic E-state index is 13.4. The summed E-state index contributed by atoms with van der Waals surface area (Å²) in [5, 5.41) is 26.6. The van der Waals surface area contributed by atoms with E-state index in [1.165, 1.54) is 0 Å². The van der Waals surface area contributed by atoms with Gasteiger partial charge in [0, 0.05) is 12.1 Å². The molecule has 0 heterocycles. The number of phenolic OH excluding ortho intramolecular Hbond substituents is 2. The molecule has 0 saturated heterocycles. The number of aliphatic hydroxyl groups is 1. The normalized spacial score (nSPS) is 12.2. The fourth-order valence-electron chi connectivity index (χ4n) is 1.18. The number of aliphatic hydroxyl groups excluding tert-OH is 1. The summed E-state index contributed by atoms with van der Waals surface area (Å²) in [4.78, 5) is 11.1. The molecule has 0 spiro atoms. The number of nitrogens with one attached hydrogen (secondary N) is 2. The maximum Gasteiger partial charge on any atom is 0.253 e. The molecule has 1 rings (SSSR count). The highest BCUT2D eigenvalue weighted by atomic mass is 19.1. The highest BCUT2D eigenvalue weighted by Crippen LogP contribution is 2.32. The van der Waals surface area contributed by atoms with Gasteiger partial charge in [-0.3, -0.25) is 10.2 Å². The van der Waals surface area contributed by atoms with Crippen molar-refractivity contribution in [2.75, 3.05) is 6.61 Å². The van der Waals surface area contributed by atoms with Crippen LogP contribution in [0, 0.1) is 11.6 Å². The van der Waals surface area contributed by atoms with Crippen molar-refractivity contribution in [2.45, 2.75) is 12.6 Å². The molecule has 1 unspecified atom stereocenters. The van der Waals surface area contributed by atoms with Gasteiger partial charge in [-0.2, -0.15) is 0 Å². The second kappa shape index (κ2) is 6.27. The van der Waals surface area contributed by atoms with Crippen molar-refractivity contribution in [3.63, 3.8) is 0 Å². The summed E-state index contributed by atoms with van der Waals surface area (Å²) >= 11 is 0. The summed E-state index contributed by atoms with van der Waals surface area (Å²) < 4.78 is 26.4. The van der Waals surface area contributed by atoms with Gasteiger partial charge >= 0.3 is 0 Å². The molecule has 0 radical (unpaired) electrons. The first-order valence-corrected chi connectivity index (χ1v) is 5.16. The molecule has 7 nitrogen and oxygen atoms in total. The molecule has 1 atom stereocenters. The van der Waals surface area contributed by atoms with Gasteiger partial charge in [-0.1, -0.05) is 0 Å². The predicted octanol–water partition coefficient (Wildman–Crippen LogP) is -1.18. The van der Waals surface area contributed by atoms with Crippen LogP contribution in [-0.4, -0.2) is 33.9 Å². The van der Waals surface area contributed by atoms with Crippen molar-refractivity contribution in [1.29, 1.82) is 0 Å². The average molecular weight is 277 g/mol. The molecule has 0 aromatic heterocycles. The lowest BCUT2D eigenvalue weighted by Crippen LogP contribution is -2.48. The zero-order valence-corrected chi connectivity index (χ0v) is 9.65. The zero-order valence-electron chi connectivity index (χ0n) is 9.65. The van der Waals surface area contributed by atoms with Crippen LogP contribution in [0.2, 0.25) is 0 Å². The molecule has 9 heteroatoms. The van der Waals surface area contributed by atoms with Crippen molar-refractivity contribution < 1.29 is 28.9 Å². The highest BCUT2D eigenvalue weighted by Gasteiger charge is 2.17. The van der Waals surface area contributed by atoms with Crippen LogP contribution in [0.15, 0.2) is 6.07 Å². The molecule has 0 aliphatic heterocycles. The second-order valence-corrected chi connectivity index (χ2v) is 3.66. The Hall–Kier alpha value is -1.97. The second-order valence-electron chi connectivity index (χ2n) is 3.66. The third kappa shape index (κ3) is 3.50. The van der Waals surface area contributed by atoms with E-state index in [2.05, 4.69) is 10.9 Å². The maximum absolute atomic E-state index is 13.4. The summed E-state index contributed by atoms with van der Waals surface area (Å²) in [6, 6.07) is -0.488. The Morgan fingerprint density at radius 2 is 2.00 bits per heavy atom. The Labute approximate surface area is 106 Å². The van der Waals surface area contributed by atoms with Gasteiger partial charge in [0.05, 0.1) is 6.61 Å². The van der Waals surface area contributed by atoms with E-state index in [1.807, 2.05) is 0 Å². The number of hydrogen-bond donors (Lipinski definition) is 6. The average Bonchev–Trinajstić information content (AvgIpc) is 2.40. The number of phenols is 2. The fourth-order valence-corrected chi connectivity index (χ4v) is 1.18. The number of aromatic hydroxyl groups is 2. The van der Waals surface area contributed by atoms with Gasteiger partial charge in [0.15, 0.2) is 23.1 Å². The Morgan fingerprint density at radius 3 is 2.58 bits per heavy atom. The van der Waals surface area contributed by atoms with E-state index in [-0.39, 0.29) is 12.1 Å². The molecule has 0 fully saturated rings. The molecule has 0 saturated carbocycles. The van der Waals surface area contributed by atoms with Gasteiger partial charge in [-0.25, -0.2) is 14.2 Å². The molecular formula is C10H13F2N3O4. The van der Waals surface area contributed by atoms with Gasteiger partial charge in [-0.15, -0.1) is 0 Å². The molecule has 1 aromatic carbocycles. The minimum Gasteiger partial charge on any atom is -0.502 e. The van der Waals surface area contributed by atoms with Crippen molar-refractivity contribution in [3.05, 3.63) is 23.3 Å². The van der Waals surface area contributed by atoms with E-state index in [4.69, 9.17) is 21.1 Å². The molecule has 1 aromatic rings. The van der Waals surface area contributed by atoms with Crippen LogP contribution in [-0.2, 0) is 11.3 Å². The molecule has 0 aliphatic rings. The number of carbonyl (C=O) groups is 1. The largest absolute Gasteiger partial charge is 0.502 e. The summed E-state index contributed by atoms with van der Waals surface area (Å²) in [6.45, 7) is -0.934. The number of rotatable bonds is 5. The van der Waals surface area contributed by atoms with Gasteiger partial charge in [-0.05, 0) is 6.07 Å². The fraction of sp³-hybridized carbons (Fsp3) is 0.300. The smallest absolute Gasteiger partial charge is 0.253 e. The van der Waals surface area contributed by atoms with Gasteiger partial charge in [0.1, 0.15) is 6.04 Å². The number of halogens is 2. The Morgan fingerprint density at radius 1 is 1.37 bits per heavy atom. The van der Waals surface area contributed by atoms with Crippen LogP contribution in [0.3, 0.4) is 0 Å². The lowest BCUT2D eigenvalue weighted by molar-refractivity contribution is -0.124. The summed E-state index contributed by atoms with van der Waals surface area (Å²) in [5.74, 6) is -5.56. The van der Waals surface area contributed by atoms with E-state index in [9.17, 15) is 13.6 Å². The minimum absolute atomic E-state index is 0.314. The van der Waals surface area contributed by atoms with Crippen molar-refractivity contribution >= 4 is 5.91 Å². The number of amides is 1. The summed E-state index contributed by atoms with van der Waals surface area (Å²) in [6.07, 6.45) is 0. The number of nitrogens with two attached hydrogens (primary N) is 1. The first kappa shape index (κ1) is 15.1. The van der Waals surface area contributed by atoms with Crippen LogP contribution in [0.4, 0.5) is 8.78 Å². The molecule has 106 valence electrons. The first-order valence-electron chi connectivity index (χ1n) is 5.16. The van der Waals surface area contributed by atoms with E-state index in [0.717, 1.165) is 0 Å². The van der Waals surface area contributed by atoms with Crippen LogP contribution in [0.5, 0.6) is 11.5 Å². The molecule has 19 heavy (non-hydrogen) atoms. The topological polar surface area (TPSA) is 128 Å². The van der Waals surface area contributed by atoms with E-state index in [1.54, 1.807) is 0 Å². The summed E-state index contributed by atoms with van der Waals surface area (Å²) in [5.41, 5.74) is 9.17. The number of hydrogen-bond acceptors (Lipinski definition) is 6. The van der Waals surface area contributed by atoms with E-state index in [0.29, 0.717) is 6.07 Å².